The van der Waals surface area contributed by atoms with Gasteiger partial charge < -0.3 is 24.8 Å². The van der Waals surface area contributed by atoms with Crippen LogP contribution in [0.3, 0.4) is 0 Å². The predicted molar refractivity (Wildman–Crippen MR) is 130 cm³/mol. The van der Waals surface area contributed by atoms with E-state index in [1.165, 1.54) is 6.07 Å². The molecule has 2 N–H and O–H groups in total. The first-order valence-electron chi connectivity index (χ1n) is 12.4. The lowest BCUT2D eigenvalue weighted by Gasteiger charge is -2.33. The van der Waals surface area contributed by atoms with Crippen LogP contribution in [0.25, 0.3) is 0 Å². The minimum Gasteiger partial charge on any atom is -0.487 e. The summed E-state index contributed by atoms with van der Waals surface area (Å²) < 4.78 is 39.4. The number of hydrogen-bond donors (Lipinski definition) is 1. The molecule has 0 unspecified atom stereocenters. The Morgan fingerprint density at radius 1 is 1.14 bits per heavy atom. The second kappa shape index (κ2) is 10.3. The Morgan fingerprint density at radius 2 is 1.89 bits per heavy atom. The van der Waals surface area contributed by atoms with Crippen molar-refractivity contribution in [3.05, 3.63) is 53.6 Å². The van der Waals surface area contributed by atoms with Gasteiger partial charge in [-0.25, -0.2) is 18.7 Å². The van der Waals surface area contributed by atoms with Crippen LogP contribution in [0.5, 0.6) is 5.75 Å². The molecule has 3 aromatic rings. The number of hydrogen-bond acceptors (Lipinski definition) is 9. The lowest BCUT2D eigenvalue weighted by molar-refractivity contribution is 0.131. The molecular formula is C25H31F2N7O2. The highest BCUT2D eigenvalue weighted by molar-refractivity contribution is 5.39. The smallest absolute Gasteiger partial charge is 0.324 e. The molecule has 3 atom stereocenters. The van der Waals surface area contributed by atoms with E-state index < -0.39 is 11.6 Å². The third kappa shape index (κ3) is 5.11. The summed E-state index contributed by atoms with van der Waals surface area (Å²) in [5, 5.41) is 3.98. The van der Waals surface area contributed by atoms with Crippen LogP contribution in [0.1, 0.15) is 44.0 Å². The normalized spacial score (nSPS) is 21.7. The maximum absolute atomic E-state index is 14.3. The van der Waals surface area contributed by atoms with Crippen LogP contribution in [-0.2, 0) is 6.42 Å². The van der Waals surface area contributed by atoms with Gasteiger partial charge in [-0.15, -0.1) is 0 Å². The van der Waals surface area contributed by atoms with Crippen LogP contribution in [-0.4, -0.2) is 58.4 Å². The zero-order chi connectivity index (χ0) is 25.2. The Kier molecular flexibility index (Phi) is 6.99. The van der Waals surface area contributed by atoms with Gasteiger partial charge in [-0.1, -0.05) is 12.1 Å². The molecule has 2 aliphatic rings. The van der Waals surface area contributed by atoms with Crippen LogP contribution in [0.2, 0.25) is 0 Å². The van der Waals surface area contributed by atoms with Crippen molar-refractivity contribution in [2.75, 3.05) is 36.0 Å². The molecule has 11 heteroatoms. The number of ether oxygens (including phenoxy) is 1. The van der Waals surface area contributed by atoms with Crippen LogP contribution < -0.4 is 20.3 Å². The summed E-state index contributed by atoms with van der Waals surface area (Å²) in [6.45, 7) is 6.60. The third-order valence-corrected chi connectivity index (χ3v) is 7.19. The van der Waals surface area contributed by atoms with Gasteiger partial charge in [0.15, 0.2) is 11.6 Å². The van der Waals surface area contributed by atoms with Crippen LogP contribution >= 0.6 is 0 Å². The molecule has 0 spiro atoms. The Morgan fingerprint density at radius 3 is 2.58 bits per heavy atom. The molecule has 2 saturated heterocycles. The average molecular weight is 500 g/mol. The summed E-state index contributed by atoms with van der Waals surface area (Å²) in [4.78, 5) is 17.3. The van der Waals surface area contributed by atoms with Crippen LogP contribution in [0.15, 0.2) is 35.1 Å². The number of nitrogens with zero attached hydrogens (tertiary/aromatic N) is 6. The standard InChI is InChI=1S/C25H31F2N7O2/c1-3-23-31-25(36-32-23)33-8-6-16(7-9-33)15(2)35-18-11-29-24(30-12-18)34-13-20(22(28)14-34)19-10-17(26)4-5-21(19)27/h4-5,10-12,15-16,20,22H,3,6-9,13-14,28H2,1-2H3/t15-,20+,22-/m0/s1. The molecule has 9 nitrogen and oxygen atoms in total. The molecule has 0 bridgehead atoms. The SMILES string of the molecule is CCc1noc(N2CCC([C@H](C)Oc3cnc(N4C[C@H](c5cc(F)ccc5F)[C@@H](N)C4)nc3)CC2)n1. The van der Waals surface area contributed by atoms with Gasteiger partial charge in [-0.3, -0.25) is 0 Å². The highest BCUT2D eigenvalue weighted by Gasteiger charge is 2.34. The molecular weight excluding hydrogens is 468 g/mol. The summed E-state index contributed by atoms with van der Waals surface area (Å²) in [7, 11) is 0. The van der Waals surface area contributed by atoms with Crippen molar-refractivity contribution < 1.29 is 18.0 Å². The van der Waals surface area contributed by atoms with Gasteiger partial charge in [-0.2, -0.15) is 4.98 Å². The number of aromatic nitrogens is 4. The van der Waals surface area contributed by atoms with E-state index >= 15 is 0 Å². The summed E-state index contributed by atoms with van der Waals surface area (Å²) >= 11 is 0. The van der Waals surface area contributed by atoms with E-state index in [-0.39, 0.29) is 23.6 Å². The van der Waals surface area contributed by atoms with E-state index in [0.717, 1.165) is 50.3 Å². The summed E-state index contributed by atoms with van der Waals surface area (Å²) in [5.74, 6) is 0.916. The van der Waals surface area contributed by atoms with Crippen molar-refractivity contribution in [2.45, 2.75) is 51.2 Å². The van der Waals surface area contributed by atoms with E-state index in [0.29, 0.717) is 36.7 Å². The highest BCUT2D eigenvalue weighted by atomic mass is 19.1. The Labute approximate surface area is 208 Å². The van der Waals surface area contributed by atoms with Crippen LogP contribution in [0.4, 0.5) is 20.7 Å². The minimum atomic E-state index is -0.477. The second-order valence-corrected chi connectivity index (χ2v) is 9.55. The van der Waals surface area contributed by atoms with Crippen LogP contribution in [0, 0.1) is 17.6 Å². The third-order valence-electron chi connectivity index (χ3n) is 7.19. The Hall–Kier alpha value is -3.34. The first-order chi connectivity index (χ1) is 17.4. The molecule has 0 radical (unpaired) electrons. The monoisotopic (exact) mass is 499 g/mol. The van der Waals surface area contributed by atoms with Gasteiger partial charge >= 0.3 is 6.01 Å². The molecule has 5 rings (SSSR count). The van der Waals surface area contributed by atoms with Gasteiger partial charge in [-0.05, 0) is 49.4 Å². The predicted octanol–water partition coefficient (Wildman–Crippen LogP) is 3.32. The lowest BCUT2D eigenvalue weighted by Crippen LogP contribution is -2.38. The molecule has 2 aliphatic heterocycles. The van der Waals surface area contributed by atoms with E-state index in [9.17, 15) is 8.78 Å². The summed E-state index contributed by atoms with van der Waals surface area (Å²) in [5.41, 5.74) is 6.55. The second-order valence-electron chi connectivity index (χ2n) is 9.55. The molecule has 192 valence electrons. The van der Waals surface area contributed by atoms with Gasteiger partial charge in [0.25, 0.3) is 0 Å². The zero-order valence-corrected chi connectivity index (χ0v) is 20.5. The molecule has 36 heavy (non-hydrogen) atoms. The molecule has 1 aromatic carbocycles. The summed E-state index contributed by atoms with van der Waals surface area (Å²) in [6, 6.07) is 3.71. The molecule has 2 fully saturated rings. The highest BCUT2D eigenvalue weighted by Crippen LogP contribution is 2.31. The topological polar surface area (TPSA) is 106 Å². The van der Waals surface area contributed by atoms with Crippen molar-refractivity contribution in [2.24, 2.45) is 11.7 Å². The number of aryl methyl sites for hydroxylation is 1. The number of nitrogens with two attached hydrogens (primary N) is 1. The fourth-order valence-electron chi connectivity index (χ4n) is 5.04. The minimum absolute atomic E-state index is 0.00368. The fourth-order valence-corrected chi connectivity index (χ4v) is 5.04. The number of benzene rings is 1. The number of halogens is 2. The first kappa shape index (κ1) is 24.4. The van der Waals surface area contributed by atoms with E-state index in [4.69, 9.17) is 15.0 Å². The van der Waals surface area contributed by atoms with E-state index in [1.54, 1.807) is 12.4 Å². The van der Waals surface area contributed by atoms with E-state index in [2.05, 4.69) is 31.9 Å². The Bertz CT molecular complexity index is 1170. The van der Waals surface area contributed by atoms with Crippen molar-refractivity contribution in [3.63, 3.8) is 0 Å². The van der Waals surface area contributed by atoms with Crippen molar-refractivity contribution in [1.82, 2.24) is 20.1 Å². The zero-order valence-electron chi connectivity index (χ0n) is 20.5. The fraction of sp³-hybridized carbons (Fsp3) is 0.520. The van der Waals surface area contributed by atoms with Crippen molar-refractivity contribution in [3.8, 4) is 5.75 Å². The molecule has 0 aliphatic carbocycles. The molecule has 0 amide bonds. The maximum Gasteiger partial charge on any atom is 0.324 e. The van der Waals surface area contributed by atoms with Crippen molar-refractivity contribution >= 4 is 12.0 Å². The van der Waals surface area contributed by atoms with Gasteiger partial charge in [0.2, 0.25) is 5.95 Å². The molecule has 2 aromatic heterocycles. The van der Waals surface area contributed by atoms with Crippen molar-refractivity contribution in [1.29, 1.82) is 0 Å². The first-order valence-corrected chi connectivity index (χ1v) is 12.4. The van der Waals surface area contributed by atoms with Gasteiger partial charge in [0, 0.05) is 44.6 Å². The largest absolute Gasteiger partial charge is 0.487 e. The average Bonchev–Trinajstić information content (AvgIpc) is 3.53. The molecule has 4 heterocycles. The summed E-state index contributed by atoms with van der Waals surface area (Å²) in [6.07, 6.45) is 5.96. The van der Waals surface area contributed by atoms with Gasteiger partial charge in [0.1, 0.15) is 11.6 Å². The van der Waals surface area contributed by atoms with Gasteiger partial charge in [0.05, 0.1) is 18.5 Å². The maximum atomic E-state index is 14.3. The Balaban J connectivity index is 1.15. The number of rotatable bonds is 7. The van der Waals surface area contributed by atoms with E-state index in [1.807, 2.05) is 11.8 Å². The quantitative estimate of drug-likeness (QED) is 0.524. The lowest BCUT2D eigenvalue weighted by atomic mass is 9.92. The molecule has 0 saturated carbocycles. The number of piperidine rings is 1. The number of anilines is 2.